The van der Waals surface area contributed by atoms with Crippen molar-refractivity contribution >= 4 is 5.97 Å². The number of carboxylic acids is 1. The predicted molar refractivity (Wildman–Crippen MR) is 81.7 cm³/mol. The summed E-state index contributed by atoms with van der Waals surface area (Å²) in [5.41, 5.74) is 1.64. The first-order chi connectivity index (χ1) is 11.1. The summed E-state index contributed by atoms with van der Waals surface area (Å²) in [4.78, 5) is 17.9. The van der Waals surface area contributed by atoms with Crippen LogP contribution in [0.4, 0.5) is 4.39 Å². The molecule has 2 aliphatic rings. The molecule has 0 saturated heterocycles. The number of rotatable bonds is 4. The summed E-state index contributed by atoms with van der Waals surface area (Å²) < 4.78 is 15.9. The number of aromatic nitrogens is 2. The molecule has 1 fully saturated rings. The van der Waals surface area contributed by atoms with E-state index in [9.17, 15) is 14.3 Å². The zero-order valence-corrected chi connectivity index (χ0v) is 12.7. The molecule has 1 aliphatic carbocycles. The minimum atomic E-state index is -1.06. The molecular formula is C17H18FN3O2. The van der Waals surface area contributed by atoms with E-state index in [1.165, 1.54) is 18.9 Å². The van der Waals surface area contributed by atoms with Crippen molar-refractivity contribution in [3.63, 3.8) is 0 Å². The highest BCUT2D eigenvalue weighted by Crippen LogP contribution is 2.36. The third kappa shape index (κ3) is 2.74. The molecule has 23 heavy (non-hydrogen) atoms. The van der Waals surface area contributed by atoms with Crippen LogP contribution < -0.4 is 0 Å². The average Bonchev–Trinajstić information content (AvgIpc) is 3.26. The maximum atomic E-state index is 13.7. The molecule has 1 aromatic heterocycles. The lowest BCUT2D eigenvalue weighted by atomic mass is 9.94. The molecule has 0 bridgehead atoms. The zero-order chi connectivity index (χ0) is 16.0. The molecule has 2 aromatic rings. The zero-order valence-electron chi connectivity index (χ0n) is 12.7. The first-order valence-corrected chi connectivity index (χ1v) is 7.90. The third-order valence-electron chi connectivity index (χ3n) is 4.66. The fourth-order valence-electron chi connectivity index (χ4n) is 3.40. The quantitative estimate of drug-likeness (QED) is 0.942. The monoisotopic (exact) mass is 315 g/mol. The van der Waals surface area contributed by atoms with Gasteiger partial charge in [-0.2, -0.15) is 0 Å². The van der Waals surface area contributed by atoms with Crippen molar-refractivity contribution in [3.05, 3.63) is 52.9 Å². The van der Waals surface area contributed by atoms with Gasteiger partial charge in [-0.25, -0.2) is 14.2 Å². The Morgan fingerprint density at radius 2 is 2.22 bits per heavy atom. The smallest absolute Gasteiger partial charge is 0.336 e. The number of hydrogen-bond acceptors (Lipinski definition) is 3. The topological polar surface area (TPSA) is 58.4 Å². The summed E-state index contributed by atoms with van der Waals surface area (Å²) in [6.45, 7) is 2.03. The van der Waals surface area contributed by atoms with Crippen LogP contribution in [0, 0.1) is 5.82 Å². The number of fused-ring (bicyclic) bond motifs is 1. The SMILES string of the molecule is O=C(O)c1cc(F)cc2c1CCN(Cc1nccn1C1CC1)C2. The minimum Gasteiger partial charge on any atom is -0.478 e. The molecule has 6 heteroatoms. The number of carboxylic acid groups (broad SMARTS) is 1. The van der Waals surface area contributed by atoms with Crippen molar-refractivity contribution in [1.29, 1.82) is 0 Å². The minimum absolute atomic E-state index is 0.0964. The molecule has 0 unspecified atom stereocenters. The molecule has 0 radical (unpaired) electrons. The fourth-order valence-corrected chi connectivity index (χ4v) is 3.40. The van der Waals surface area contributed by atoms with E-state index < -0.39 is 11.8 Å². The Morgan fingerprint density at radius 1 is 1.39 bits per heavy atom. The van der Waals surface area contributed by atoms with Crippen molar-refractivity contribution < 1.29 is 14.3 Å². The van der Waals surface area contributed by atoms with Crippen LogP contribution in [-0.4, -0.2) is 32.1 Å². The summed E-state index contributed by atoms with van der Waals surface area (Å²) in [6, 6.07) is 3.17. The van der Waals surface area contributed by atoms with Gasteiger partial charge in [-0.1, -0.05) is 0 Å². The molecule has 0 spiro atoms. The molecular weight excluding hydrogens is 297 g/mol. The second-order valence-electron chi connectivity index (χ2n) is 6.34. The lowest BCUT2D eigenvalue weighted by molar-refractivity contribution is 0.0693. The Hall–Kier alpha value is -2.21. The number of benzene rings is 1. The van der Waals surface area contributed by atoms with E-state index in [0.717, 1.165) is 29.6 Å². The second-order valence-corrected chi connectivity index (χ2v) is 6.34. The maximum Gasteiger partial charge on any atom is 0.336 e. The molecule has 1 aliphatic heterocycles. The number of nitrogens with zero attached hydrogens (tertiary/aromatic N) is 3. The van der Waals surface area contributed by atoms with Gasteiger partial charge in [0.2, 0.25) is 0 Å². The van der Waals surface area contributed by atoms with Gasteiger partial charge in [0.15, 0.2) is 0 Å². The van der Waals surface area contributed by atoms with Crippen LogP contribution in [0.25, 0.3) is 0 Å². The number of imidazole rings is 1. The van der Waals surface area contributed by atoms with Crippen LogP contribution in [0.2, 0.25) is 0 Å². The summed E-state index contributed by atoms with van der Waals surface area (Å²) in [7, 11) is 0. The Labute approximate surface area is 133 Å². The highest BCUT2D eigenvalue weighted by atomic mass is 19.1. The number of hydrogen-bond donors (Lipinski definition) is 1. The van der Waals surface area contributed by atoms with Crippen LogP contribution >= 0.6 is 0 Å². The van der Waals surface area contributed by atoms with E-state index in [1.807, 2.05) is 12.4 Å². The van der Waals surface area contributed by atoms with E-state index in [-0.39, 0.29) is 5.56 Å². The summed E-state index contributed by atoms with van der Waals surface area (Å²) >= 11 is 0. The maximum absolute atomic E-state index is 13.7. The number of carbonyl (C=O) groups is 1. The van der Waals surface area contributed by atoms with Gasteiger partial charge >= 0.3 is 5.97 Å². The van der Waals surface area contributed by atoms with Crippen LogP contribution in [-0.2, 0) is 19.5 Å². The average molecular weight is 315 g/mol. The van der Waals surface area contributed by atoms with Gasteiger partial charge < -0.3 is 9.67 Å². The highest BCUT2D eigenvalue weighted by Gasteiger charge is 2.27. The van der Waals surface area contributed by atoms with E-state index in [2.05, 4.69) is 14.5 Å². The predicted octanol–water partition coefficient (Wildman–Crippen LogP) is 2.61. The molecule has 1 N–H and O–H groups in total. The Balaban J connectivity index is 1.56. The molecule has 0 atom stereocenters. The number of aromatic carboxylic acids is 1. The van der Waals surface area contributed by atoms with E-state index in [4.69, 9.17) is 0 Å². The van der Waals surface area contributed by atoms with Crippen LogP contribution in [0.1, 0.15) is 46.2 Å². The largest absolute Gasteiger partial charge is 0.478 e. The van der Waals surface area contributed by atoms with Gasteiger partial charge in [0.05, 0.1) is 12.1 Å². The van der Waals surface area contributed by atoms with Crippen molar-refractivity contribution in [2.24, 2.45) is 0 Å². The summed E-state index contributed by atoms with van der Waals surface area (Å²) in [6.07, 6.45) is 6.89. The van der Waals surface area contributed by atoms with E-state index in [0.29, 0.717) is 25.6 Å². The first-order valence-electron chi connectivity index (χ1n) is 7.90. The van der Waals surface area contributed by atoms with Crippen molar-refractivity contribution in [2.45, 2.75) is 38.4 Å². The highest BCUT2D eigenvalue weighted by molar-refractivity contribution is 5.90. The second kappa shape index (κ2) is 5.45. The Kier molecular flexibility index (Phi) is 3.41. The lowest BCUT2D eigenvalue weighted by Crippen LogP contribution is -2.32. The molecule has 120 valence electrons. The molecule has 1 saturated carbocycles. The van der Waals surface area contributed by atoms with Gasteiger partial charge in [-0.15, -0.1) is 0 Å². The van der Waals surface area contributed by atoms with Gasteiger partial charge in [0.1, 0.15) is 11.6 Å². The van der Waals surface area contributed by atoms with E-state index in [1.54, 1.807) is 0 Å². The third-order valence-corrected chi connectivity index (χ3v) is 4.66. The van der Waals surface area contributed by atoms with Crippen molar-refractivity contribution in [2.75, 3.05) is 6.54 Å². The molecule has 4 rings (SSSR count). The van der Waals surface area contributed by atoms with Crippen LogP contribution in [0.15, 0.2) is 24.5 Å². The van der Waals surface area contributed by atoms with Gasteiger partial charge in [-0.3, -0.25) is 4.90 Å². The molecule has 5 nitrogen and oxygen atoms in total. The standard InChI is InChI=1S/C17H18FN3O2/c18-12-7-11-9-20(5-3-14(11)15(8-12)17(22)23)10-16-19-4-6-21(16)13-1-2-13/h4,6-8,13H,1-3,5,9-10H2,(H,22,23). The summed E-state index contributed by atoms with van der Waals surface area (Å²) in [5, 5.41) is 9.25. The van der Waals surface area contributed by atoms with Crippen LogP contribution in [0.5, 0.6) is 0 Å². The molecule has 1 aromatic carbocycles. The van der Waals surface area contributed by atoms with Crippen molar-refractivity contribution in [1.82, 2.24) is 14.5 Å². The lowest BCUT2D eigenvalue weighted by Gasteiger charge is -2.29. The first kappa shape index (κ1) is 14.4. The normalized spacial score (nSPS) is 18.0. The fraction of sp³-hybridized carbons (Fsp3) is 0.412. The Bertz CT molecular complexity index is 767. The number of halogens is 1. The van der Waals surface area contributed by atoms with Crippen LogP contribution in [0.3, 0.4) is 0 Å². The van der Waals surface area contributed by atoms with Gasteiger partial charge in [-0.05, 0) is 42.5 Å². The molecule has 0 amide bonds. The van der Waals surface area contributed by atoms with Gasteiger partial charge in [0, 0.05) is 31.5 Å². The van der Waals surface area contributed by atoms with Gasteiger partial charge in [0.25, 0.3) is 0 Å². The summed E-state index contributed by atoms with van der Waals surface area (Å²) in [5.74, 6) is -0.508. The Morgan fingerprint density at radius 3 is 2.96 bits per heavy atom. The van der Waals surface area contributed by atoms with E-state index >= 15 is 0 Å². The van der Waals surface area contributed by atoms with Crippen molar-refractivity contribution in [3.8, 4) is 0 Å². The molecule has 2 heterocycles.